The van der Waals surface area contributed by atoms with Crippen LogP contribution in [-0.4, -0.2) is 34.0 Å². The minimum Gasteiger partial charge on any atom is -0.481 e. The normalized spacial score (nSPS) is 25.3. The lowest BCUT2D eigenvalue weighted by Crippen LogP contribution is -2.55. The summed E-state index contributed by atoms with van der Waals surface area (Å²) >= 11 is 0. The fraction of sp³-hybridized carbons (Fsp3) is 0.579. The number of hydrogen-bond donors (Lipinski definition) is 1. The number of amides is 1. The minimum atomic E-state index is -0.816. The molecule has 1 saturated carbocycles. The molecule has 4 nitrogen and oxygen atoms in total. The fourth-order valence-electron chi connectivity index (χ4n) is 4.32. The summed E-state index contributed by atoms with van der Waals surface area (Å²) in [6.45, 7) is 2.06. The summed E-state index contributed by atoms with van der Waals surface area (Å²) in [5, 5.41) is 9.85. The molecule has 0 aromatic heterocycles. The number of hydrogen-bond acceptors (Lipinski definition) is 2. The van der Waals surface area contributed by atoms with E-state index < -0.39 is 11.9 Å². The second kappa shape index (κ2) is 6.73. The van der Waals surface area contributed by atoms with Gasteiger partial charge in [0, 0.05) is 17.6 Å². The summed E-state index contributed by atoms with van der Waals surface area (Å²) in [7, 11) is 0. The van der Waals surface area contributed by atoms with Crippen molar-refractivity contribution in [3.05, 3.63) is 35.4 Å². The number of rotatable bonds is 4. The number of nitrogens with zero attached hydrogens (tertiary/aromatic N) is 1. The van der Waals surface area contributed by atoms with Crippen LogP contribution in [0.2, 0.25) is 0 Å². The molecular formula is C19H25NO3. The Hall–Kier alpha value is -1.84. The standard InChI is InChI=1S/C19H25NO3/c1-2-8-16-17(19(22)23)14-11-6-7-12-15(14)18(21)20(16)13-9-4-3-5-10-13/h6-7,11-13,16-17H,2-5,8-10H2,1H3,(H,22,23). The van der Waals surface area contributed by atoms with E-state index in [9.17, 15) is 14.7 Å². The topological polar surface area (TPSA) is 57.6 Å². The predicted octanol–water partition coefficient (Wildman–Crippen LogP) is 3.81. The molecule has 2 atom stereocenters. The Balaban J connectivity index is 2.06. The monoisotopic (exact) mass is 315 g/mol. The van der Waals surface area contributed by atoms with Gasteiger partial charge in [-0.05, 0) is 30.9 Å². The Bertz CT molecular complexity index is 592. The first kappa shape index (κ1) is 16.0. The second-order valence-electron chi connectivity index (χ2n) is 6.76. The van der Waals surface area contributed by atoms with Gasteiger partial charge in [-0.3, -0.25) is 9.59 Å². The van der Waals surface area contributed by atoms with Crippen LogP contribution in [0.15, 0.2) is 24.3 Å². The van der Waals surface area contributed by atoms with Crippen LogP contribution in [-0.2, 0) is 4.79 Å². The molecule has 1 aromatic rings. The smallest absolute Gasteiger partial charge is 0.313 e. The molecule has 0 saturated heterocycles. The van der Waals surface area contributed by atoms with Crippen LogP contribution in [0.5, 0.6) is 0 Å². The van der Waals surface area contributed by atoms with Crippen LogP contribution >= 0.6 is 0 Å². The molecule has 1 N–H and O–H groups in total. The van der Waals surface area contributed by atoms with E-state index in [-0.39, 0.29) is 18.0 Å². The maximum absolute atomic E-state index is 13.1. The lowest BCUT2D eigenvalue weighted by molar-refractivity contribution is -0.141. The van der Waals surface area contributed by atoms with Crippen LogP contribution in [0.3, 0.4) is 0 Å². The highest BCUT2D eigenvalue weighted by Gasteiger charge is 2.45. The third-order valence-corrected chi connectivity index (χ3v) is 5.32. The average molecular weight is 315 g/mol. The summed E-state index contributed by atoms with van der Waals surface area (Å²) < 4.78 is 0. The molecule has 2 unspecified atom stereocenters. The highest BCUT2D eigenvalue weighted by molar-refractivity contribution is 6.00. The Morgan fingerprint density at radius 2 is 1.91 bits per heavy atom. The largest absolute Gasteiger partial charge is 0.481 e. The van der Waals surface area contributed by atoms with Crippen molar-refractivity contribution >= 4 is 11.9 Å². The van der Waals surface area contributed by atoms with Crippen molar-refractivity contribution in [3.8, 4) is 0 Å². The Morgan fingerprint density at radius 1 is 1.22 bits per heavy atom. The number of benzene rings is 1. The summed E-state index contributed by atoms with van der Waals surface area (Å²) in [4.78, 5) is 27.0. The lowest BCUT2D eigenvalue weighted by Gasteiger charge is -2.46. The van der Waals surface area contributed by atoms with Crippen LogP contribution in [0.4, 0.5) is 0 Å². The van der Waals surface area contributed by atoms with Gasteiger partial charge in [-0.1, -0.05) is 50.8 Å². The summed E-state index contributed by atoms with van der Waals surface area (Å²) in [6, 6.07) is 7.24. The van der Waals surface area contributed by atoms with Crippen molar-refractivity contribution in [3.63, 3.8) is 0 Å². The molecule has 1 fully saturated rings. The molecule has 1 aliphatic heterocycles. The van der Waals surface area contributed by atoms with Crippen LogP contribution in [0, 0.1) is 0 Å². The first-order chi connectivity index (χ1) is 11.1. The van der Waals surface area contributed by atoms with Gasteiger partial charge in [-0.15, -0.1) is 0 Å². The van der Waals surface area contributed by atoms with Gasteiger partial charge in [0.15, 0.2) is 0 Å². The van der Waals surface area contributed by atoms with E-state index in [1.54, 1.807) is 6.07 Å². The number of carbonyl (C=O) groups is 2. The van der Waals surface area contributed by atoms with Gasteiger partial charge in [0.2, 0.25) is 0 Å². The second-order valence-corrected chi connectivity index (χ2v) is 6.76. The molecule has 23 heavy (non-hydrogen) atoms. The Morgan fingerprint density at radius 3 is 2.57 bits per heavy atom. The molecule has 2 aliphatic rings. The summed E-state index contributed by atoms with van der Waals surface area (Å²) in [5.74, 6) is -1.39. The molecule has 0 bridgehead atoms. The Kier molecular flexibility index (Phi) is 4.69. The summed E-state index contributed by atoms with van der Waals surface area (Å²) in [6.07, 6.45) is 7.11. The van der Waals surface area contributed by atoms with Gasteiger partial charge in [-0.25, -0.2) is 0 Å². The molecule has 0 spiro atoms. The Labute approximate surface area is 137 Å². The van der Waals surface area contributed by atoms with Gasteiger partial charge in [-0.2, -0.15) is 0 Å². The number of fused-ring (bicyclic) bond motifs is 1. The zero-order chi connectivity index (χ0) is 16.4. The van der Waals surface area contributed by atoms with Gasteiger partial charge in [0.1, 0.15) is 5.92 Å². The van der Waals surface area contributed by atoms with Crippen molar-refractivity contribution in [1.29, 1.82) is 0 Å². The first-order valence-electron chi connectivity index (χ1n) is 8.79. The van der Waals surface area contributed by atoms with Gasteiger partial charge in [0.25, 0.3) is 5.91 Å². The quantitative estimate of drug-likeness (QED) is 0.919. The predicted molar refractivity (Wildman–Crippen MR) is 88.6 cm³/mol. The first-order valence-corrected chi connectivity index (χ1v) is 8.79. The highest BCUT2D eigenvalue weighted by Crippen LogP contribution is 2.39. The van der Waals surface area contributed by atoms with Gasteiger partial charge < -0.3 is 10.0 Å². The van der Waals surface area contributed by atoms with E-state index in [0.29, 0.717) is 11.1 Å². The molecule has 0 radical (unpaired) electrons. The van der Waals surface area contributed by atoms with E-state index in [0.717, 1.165) is 38.5 Å². The third-order valence-electron chi connectivity index (χ3n) is 5.32. The van der Waals surface area contributed by atoms with E-state index in [2.05, 4.69) is 6.92 Å². The molecule has 1 aliphatic carbocycles. The van der Waals surface area contributed by atoms with E-state index in [1.807, 2.05) is 23.1 Å². The summed E-state index contributed by atoms with van der Waals surface area (Å²) in [5.41, 5.74) is 1.27. The maximum Gasteiger partial charge on any atom is 0.313 e. The van der Waals surface area contributed by atoms with Crippen molar-refractivity contribution in [2.24, 2.45) is 0 Å². The third kappa shape index (κ3) is 2.87. The lowest BCUT2D eigenvalue weighted by atomic mass is 9.79. The van der Waals surface area contributed by atoms with Crippen molar-refractivity contribution < 1.29 is 14.7 Å². The highest BCUT2D eigenvalue weighted by atomic mass is 16.4. The zero-order valence-electron chi connectivity index (χ0n) is 13.7. The minimum absolute atomic E-state index is 0.0310. The number of carbonyl (C=O) groups excluding carboxylic acids is 1. The molecular weight excluding hydrogens is 290 g/mol. The van der Waals surface area contributed by atoms with Crippen LogP contribution in [0.25, 0.3) is 0 Å². The molecule has 3 rings (SSSR count). The van der Waals surface area contributed by atoms with Gasteiger partial charge in [0.05, 0.1) is 0 Å². The number of carboxylic acids is 1. The number of carboxylic acid groups (broad SMARTS) is 1. The molecule has 4 heteroatoms. The van der Waals surface area contributed by atoms with Crippen LogP contribution in [0.1, 0.15) is 73.7 Å². The molecule has 1 heterocycles. The van der Waals surface area contributed by atoms with E-state index in [4.69, 9.17) is 0 Å². The fourth-order valence-corrected chi connectivity index (χ4v) is 4.32. The maximum atomic E-state index is 13.1. The number of aliphatic carboxylic acids is 1. The molecule has 1 aromatic carbocycles. The van der Waals surface area contributed by atoms with Crippen molar-refractivity contribution in [2.45, 2.75) is 69.9 Å². The van der Waals surface area contributed by atoms with Crippen LogP contribution < -0.4 is 0 Å². The van der Waals surface area contributed by atoms with Crippen molar-refractivity contribution in [1.82, 2.24) is 4.90 Å². The zero-order valence-corrected chi connectivity index (χ0v) is 13.7. The van der Waals surface area contributed by atoms with Gasteiger partial charge >= 0.3 is 5.97 Å². The molecule has 1 amide bonds. The average Bonchev–Trinajstić information content (AvgIpc) is 2.56. The van der Waals surface area contributed by atoms with E-state index in [1.165, 1.54) is 6.42 Å². The van der Waals surface area contributed by atoms with E-state index >= 15 is 0 Å². The SMILES string of the molecule is CCCC1C(C(=O)O)c2ccccc2C(=O)N1C1CCCCC1. The molecule has 124 valence electrons. The van der Waals surface area contributed by atoms with Crippen molar-refractivity contribution in [2.75, 3.05) is 0 Å².